The summed E-state index contributed by atoms with van der Waals surface area (Å²) >= 11 is 0. The molecule has 1 N–H and O–H groups in total. The lowest BCUT2D eigenvalue weighted by atomic mass is 10.0. The number of nitrogens with one attached hydrogen (secondary N) is 1. The van der Waals surface area contributed by atoms with Crippen molar-refractivity contribution in [3.05, 3.63) is 64.0 Å². The van der Waals surface area contributed by atoms with Crippen molar-refractivity contribution in [1.29, 1.82) is 0 Å². The number of hydrogen-bond acceptors (Lipinski definition) is 5. The van der Waals surface area contributed by atoms with Gasteiger partial charge in [0.2, 0.25) is 0 Å². The van der Waals surface area contributed by atoms with Gasteiger partial charge in [0.25, 0.3) is 0 Å². The van der Waals surface area contributed by atoms with Crippen molar-refractivity contribution in [1.82, 2.24) is 19.7 Å². The number of aromatic nitrogens is 4. The monoisotopic (exact) mass is 350 g/mol. The summed E-state index contributed by atoms with van der Waals surface area (Å²) in [6, 6.07) is 9.71. The second-order valence-electron chi connectivity index (χ2n) is 6.22. The van der Waals surface area contributed by atoms with Crippen LogP contribution < -0.4 is 10.4 Å². The van der Waals surface area contributed by atoms with Gasteiger partial charge in [-0.2, -0.15) is 0 Å². The highest BCUT2D eigenvalue weighted by Gasteiger charge is 2.12. The Labute approximate surface area is 149 Å². The molecule has 0 saturated heterocycles. The number of fused-ring (bicyclic) bond motifs is 1. The van der Waals surface area contributed by atoms with Crippen LogP contribution in [-0.2, 0) is 6.54 Å². The molecule has 0 aliphatic carbocycles. The minimum atomic E-state index is -0.226. The molecule has 0 aliphatic heterocycles. The Hall–Kier alpha value is -3.35. The third kappa shape index (κ3) is 2.77. The van der Waals surface area contributed by atoms with Crippen LogP contribution in [0.4, 0.5) is 0 Å². The molecule has 0 bridgehead atoms. The van der Waals surface area contributed by atoms with Crippen LogP contribution in [0.15, 0.2) is 45.8 Å². The Balaban J connectivity index is 1.80. The number of hydrogen-bond donors (Lipinski definition) is 1. The standard InChI is InChI=1S/C19H18N4O3/c1-11-6-13(4-5-17(11)25-3)14-8-16-18(20-9-14)21-19(24)23(16)10-15-7-12(2)26-22-15/h4-9H,10H2,1-3H3,(H,20,21,24). The number of pyridine rings is 1. The van der Waals surface area contributed by atoms with Crippen LogP contribution in [0.3, 0.4) is 0 Å². The van der Waals surface area contributed by atoms with E-state index in [-0.39, 0.29) is 5.69 Å². The Morgan fingerprint density at radius 3 is 2.73 bits per heavy atom. The van der Waals surface area contributed by atoms with E-state index in [1.54, 1.807) is 17.9 Å². The maximum atomic E-state index is 12.3. The Morgan fingerprint density at radius 2 is 2.04 bits per heavy atom. The van der Waals surface area contributed by atoms with E-state index in [0.717, 1.165) is 28.0 Å². The number of ether oxygens (including phenoxy) is 1. The van der Waals surface area contributed by atoms with E-state index in [9.17, 15) is 4.79 Å². The van der Waals surface area contributed by atoms with Gasteiger partial charge < -0.3 is 9.26 Å². The molecule has 26 heavy (non-hydrogen) atoms. The maximum absolute atomic E-state index is 12.3. The lowest BCUT2D eigenvalue weighted by Crippen LogP contribution is -2.17. The second kappa shape index (κ2) is 6.18. The number of imidazole rings is 1. The highest BCUT2D eigenvalue weighted by Crippen LogP contribution is 2.27. The van der Waals surface area contributed by atoms with E-state index in [2.05, 4.69) is 15.1 Å². The summed E-state index contributed by atoms with van der Waals surface area (Å²) in [4.78, 5) is 19.5. The van der Waals surface area contributed by atoms with Crippen molar-refractivity contribution >= 4 is 11.2 Å². The van der Waals surface area contributed by atoms with Gasteiger partial charge in [-0.05, 0) is 43.2 Å². The summed E-state index contributed by atoms with van der Waals surface area (Å²) < 4.78 is 12.0. The maximum Gasteiger partial charge on any atom is 0.328 e. The summed E-state index contributed by atoms with van der Waals surface area (Å²) in [7, 11) is 1.65. The van der Waals surface area contributed by atoms with Gasteiger partial charge in [-0.25, -0.2) is 9.78 Å². The van der Waals surface area contributed by atoms with Gasteiger partial charge in [-0.3, -0.25) is 9.55 Å². The van der Waals surface area contributed by atoms with Gasteiger partial charge in [0, 0.05) is 17.8 Å². The Morgan fingerprint density at radius 1 is 1.19 bits per heavy atom. The summed E-state index contributed by atoms with van der Waals surface area (Å²) in [6.45, 7) is 4.14. The van der Waals surface area contributed by atoms with Crippen LogP contribution in [0.5, 0.6) is 5.75 Å². The fourth-order valence-corrected chi connectivity index (χ4v) is 3.06. The second-order valence-corrected chi connectivity index (χ2v) is 6.22. The Bertz CT molecular complexity index is 1150. The summed E-state index contributed by atoms with van der Waals surface area (Å²) in [6.07, 6.45) is 1.75. The first kappa shape index (κ1) is 16.1. The van der Waals surface area contributed by atoms with Crippen LogP contribution in [0, 0.1) is 13.8 Å². The van der Waals surface area contributed by atoms with E-state index in [0.29, 0.717) is 23.6 Å². The highest BCUT2D eigenvalue weighted by atomic mass is 16.5. The average molecular weight is 350 g/mol. The molecule has 0 atom stereocenters. The molecule has 1 aromatic carbocycles. The van der Waals surface area contributed by atoms with E-state index < -0.39 is 0 Å². The molecule has 0 unspecified atom stereocenters. The number of rotatable bonds is 4. The Kier molecular flexibility index (Phi) is 3.84. The normalized spacial score (nSPS) is 11.2. The van der Waals surface area contributed by atoms with Gasteiger partial charge in [0.15, 0.2) is 5.65 Å². The van der Waals surface area contributed by atoms with Crippen molar-refractivity contribution in [2.45, 2.75) is 20.4 Å². The van der Waals surface area contributed by atoms with Crippen LogP contribution in [0.1, 0.15) is 17.0 Å². The molecule has 3 heterocycles. The molecule has 0 radical (unpaired) electrons. The van der Waals surface area contributed by atoms with Crippen LogP contribution in [-0.4, -0.2) is 26.8 Å². The predicted molar refractivity (Wildman–Crippen MR) is 97.4 cm³/mol. The van der Waals surface area contributed by atoms with Crippen LogP contribution >= 0.6 is 0 Å². The van der Waals surface area contributed by atoms with Crippen molar-refractivity contribution in [2.75, 3.05) is 7.11 Å². The molecule has 0 spiro atoms. The number of aromatic amines is 1. The van der Waals surface area contributed by atoms with Crippen molar-refractivity contribution in [2.24, 2.45) is 0 Å². The lowest BCUT2D eigenvalue weighted by Gasteiger charge is -2.08. The minimum absolute atomic E-state index is 0.226. The first-order valence-corrected chi connectivity index (χ1v) is 8.21. The quantitative estimate of drug-likeness (QED) is 0.611. The predicted octanol–water partition coefficient (Wildman–Crippen LogP) is 3.05. The zero-order valence-electron chi connectivity index (χ0n) is 14.7. The third-order valence-corrected chi connectivity index (χ3v) is 4.35. The lowest BCUT2D eigenvalue weighted by molar-refractivity contribution is 0.389. The first-order chi connectivity index (χ1) is 12.5. The molecule has 132 valence electrons. The number of aryl methyl sites for hydroxylation is 2. The smallest absolute Gasteiger partial charge is 0.328 e. The summed E-state index contributed by atoms with van der Waals surface area (Å²) in [5, 5.41) is 3.97. The molecule has 0 fully saturated rings. The summed E-state index contributed by atoms with van der Waals surface area (Å²) in [5.74, 6) is 1.54. The number of H-pyrrole nitrogens is 1. The first-order valence-electron chi connectivity index (χ1n) is 8.21. The molecule has 0 aliphatic rings. The van der Waals surface area contributed by atoms with Gasteiger partial charge in [-0.1, -0.05) is 11.2 Å². The van der Waals surface area contributed by atoms with Crippen molar-refractivity contribution in [3.63, 3.8) is 0 Å². The fraction of sp³-hybridized carbons (Fsp3) is 0.211. The number of nitrogens with zero attached hydrogens (tertiary/aromatic N) is 3. The van der Waals surface area contributed by atoms with Crippen LogP contribution in [0.2, 0.25) is 0 Å². The molecule has 7 heteroatoms. The fourth-order valence-electron chi connectivity index (χ4n) is 3.06. The van der Waals surface area contributed by atoms with Gasteiger partial charge in [0.05, 0.1) is 19.2 Å². The van der Waals surface area contributed by atoms with Gasteiger partial charge in [0.1, 0.15) is 17.2 Å². The summed E-state index contributed by atoms with van der Waals surface area (Å²) in [5.41, 5.74) is 4.70. The average Bonchev–Trinajstić information content (AvgIpc) is 3.18. The van der Waals surface area contributed by atoms with Crippen molar-refractivity contribution < 1.29 is 9.26 Å². The number of benzene rings is 1. The van der Waals surface area contributed by atoms with E-state index in [1.165, 1.54) is 0 Å². The zero-order chi connectivity index (χ0) is 18.3. The van der Waals surface area contributed by atoms with E-state index >= 15 is 0 Å². The molecule has 7 nitrogen and oxygen atoms in total. The minimum Gasteiger partial charge on any atom is -0.496 e. The number of methoxy groups -OCH3 is 1. The molecular formula is C19H18N4O3. The molecule has 0 saturated carbocycles. The molecular weight excluding hydrogens is 332 g/mol. The molecule has 3 aromatic heterocycles. The zero-order valence-corrected chi connectivity index (χ0v) is 14.7. The SMILES string of the molecule is COc1ccc(-c2cnc3[nH]c(=O)n(Cc4cc(C)on4)c3c2)cc1C. The van der Waals surface area contributed by atoms with Crippen molar-refractivity contribution in [3.8, 4) is 16.9 Å². The third-order valence-electron chi connectivity index (χ3n) is 4.35. The van der Waals surface area contributed by atoms with E-state index in [1.807, 2.05) is 44.2 Å². The molecule has 0 amide bonds. The largest absolute Gasteiger partial charge is 0.496 e. The van der Waals surface area contributed by atoms with Crippen LogP contribution in [0.25, 0.3) is 22.3 Å². The van der Waals surface area contributed by atoms with Gasteiger partial charge in [-0.15, -0.1) is 0 Å². The van der Waals surface area contributed by atoms with Gasteiger partial charge >= 0.3 is 5.69 Å². The molecule has 4 rings (SSSR count). The van der Waals surface area contributed by atoms with E-state index in [4.69, 9.17) is 9.26 Å². The molecule has 4 aromatic rings. The topological polar surface area (TPSA) is 85.9 Å². The highest BCUT2D eigenvalue weighted by molar-refractivity contribution is 5.78.